The Bertz CT molecular complexity index is 356. The zero-order chi connectivity index (χ0) is 14.8. The first-order valence-corrected chi connectivity index (χ1v) is 8.32. The average molecular weight is 278 g/mol. The Balaban J connectivity index is 2.21. The first-order valence-electron chi connectivity index (χ1n) is 8.32. The summed E-state index contributed by atoms with van der Waals surface area (Å²) in [6.45, 7) is 10.1. The van der Waals surface area contributed by atoms with Crippen molar-refractivity contribution in [2.24, 2.45) is 17.8 Å². The number of hydrogen-bond acceptors (Lipinski definition) is 2. The maximum Gasteiger partial charge on any atom is 0.333 e. The minimum Gasteiger partial charge on any atom is -0.455 e. The summed E-state index contributed by atoms with van der Waals surface area (Å²) in [7, 11) is 0. The molecule has 20 heavy (non-hydrogen) atoms. The highest BCUT2D eigenvalue weighted by molar-refractivity contribution is 5.87. The number of rotatable bonds is 3. The Labute approximate surface area is 124 Å². The molecule has 2 fully saturated rings. The van der Waals surface area contributed by atoms with Crippen molar-refractivity contribution in [2.45, 2.75) is 77.7 Å². The van der Waals surface area contributed by atoms with Gasteiger partial charge < -0.3 is 4.74 Å². The number of hydrogen-bond donors (Lipinski definition) is 0. The van der Waals surface area contributed by atoms with E-state index in [1.54, 1.807) is 6.92 Å². The van der Waals surface area contributed by atoms with E-state index in [1.165, 1.54) is 38.5 Å². The normalized spacial score (nSPS) is 35.5. The first kappa shape index (κ1) is 15.6. The lowest BCUT2D eigenvalue weighted by Crippen LogP contribution is -2.48. The van der Waals surface area contributed by atoms with Gasteiger partial charge in [0.25, 0.3) is 0 Å². The summed E-state index contributed by atoms with van der Waals surface area (Å²) in [4.78, 5) is 12.2. The fourth-order valence-electron chi connectivity index (χ4n) is 4.52. The Morgan fingerprint density at radius 2 is 1.65 bits per heavy atom. The number of carbonyl (C=O) groups is 1. The number of ether oxygens (including phenoxy) is 1. The second-order valence-corrected chi connectivity index (χ2v) is 7.42. The zero-order valence-corrected chi connectivity index (χ0v) is 13.4. The van der Waals surface area contributed by atoms with Crippen molar-refractivity contribution >= 4 is 5.97 Å². The quantitative estimate of drug-likeness (QED) is 0.543. The van der Waals surface area contributed by atoms with E-state index in [2.05, 4.69) is 20.4 Å². The van der Waals surface area contributed by atoms with E-state index in [1.807, 2.05) is 0 Å². The minimum atomic E-state index is -0.215. The maximum atomic E-state index is 12.2. The number of esters is 1. The fourth-order valence-corrected chi connectivity index (χ4v) is 4.52. The predicted octanol–water partition coefficient (Wildman–Crippen LogP) is 4.88. The molecule has 0 heterocycles. The van der Waals surface area contributed by atoms with Gasteiger partial charge >= 0.3 is 5.97 Å². The third kappa shape index (κ3) is 3.45. The first-order chi connectivity index (χ1) is 9.43. The summed E-state index contributed by atoms with van der Waals surface area (Å²) in [6.07, 6.45) is 9.72. The molecule has 114 valence electrons. The predicted molar refractivity (Wildman–Crippen MR) is 82.4 cm³/mol. The molecule has 2 aliphatic rings. The van der Waals surface area contributed by atoms with Gasteiger partial charge in [-0.15, -0.1) is 0 Å². The van der Waals surface area contributed by atoms with Gasteiger partial charge in [0.15, 0.2) is 0 Å². The molecule has 0 aromatic heterocycles. The molecule has 2 heteroatoms. The second kappa shape index (κ2) is 6.32. The van der Waals surface area contributed by atoms with Crippen LogP contribution in [-0.4, -0.2) is 11.6 Å². The van der Waals surface area contributed by atoms with Gasteiger partial charge in [0.2, 0.25) is 0 Å². The summed E-state index contributed by atoms with van der Waals surface area (Å²) in [5.74, 6) is 1.68. The molecule has 2 atom stereocenters. The standard InChI is InChI=1S/C18H30O2/c1-13(2)17(19)20-18(16-8-6-5-7-9-16)11-14(3)10-15(4)12-18/h14-16H,1,5-12H2,2-4H3. The van der Waals surface area contributed by atoms with E-state index in [-0.39, 0.29) is 11.6 Å². The Morgan fingerprint density at radius 3 is 2.15 bits per heavy atom. The van der Waals surface area contributed by atoms with Gasteiger partial charge in [-0.2, -0.15) is 0 Å². The third-order valence-electron chi connectivity index (χ3n) is 5.19. The molecule has 0 amide bonds. The van der Waals surface area contributed by atoms with Gasteiger partial charge in [0, 0.05) is 5.57 Å². The molecular formula is C18H30O2. The van der Waals surface area contributed by atoms with Crippen molar-refractivity contribution in [2.75, 3.05) is 0 Å². The van der Waals surface area contributed by atoms with Gasteiger partial charge in [-0.25, -0.2) is 4.79 Å². The molecule has 2 unspecified atom stereocenters. The van der Waals surface area contributed by atoms with Crippen molar-refractivity contribution in [1.29, 1.82) is 0 Å². The zero-order valence-electron chi connectivity index (χ0n) is 13.4. The molecule has 2 rings (SSSR count). The topological polar surface area (TPSA) is 26.3 Å². The lowest BCUT2D eigenvalue weighted by Gasteiger charge is -2.48. The smallest absolute Gasteiger partial charge is 0.333 e. The molecule has 0 aromatic carbocycles. The highest BCUT2D eigenvalue weighted by Gasteiger charge is 2.47. The van der Waals surface area contributed by atoms with Crippen LogP contribution in [0.2, 0.25) is 0 Å². The molecule has 2 nitrogen and oxygen atoms in total. The molecule has 0 spiro atoms. The van der Waals surface area contributed by atoms with Crippen LogP contribution < -0.4 is 0 Å². The minimum absolute atomic E-state index is 0.183. The highest BCUT2D eigenvalue weighted by atomic mass is 16.6. The van der Waals surface area contributed by atoms with Crippen molar-refractivity contribution in [3.8, 4) is 0 Å². The number of carbonyl (C=O) groups excluding carboxylic acids is 1. The van der Waals surface area contributed by atoms with Crippen LogP contribution in [-0.2, 0) is 9.53 Å². The molecular weight excluding hydrogens is 248 g/mol. The van der Waals surface area contributed by atoms with Crippen molar-refractivity contribution < 1.29 is 9.53 Å². The van der Waals surface area contributed by atoms with Crippen LogP contribution in [0.5, 0.6) is 0 Å². The third-order valence-corrected chi connectivity index (χ3v) is 5.19. The fraction of sp³-hybridized carbons (Fsp3) is 0.833. The van der Waals surface area contributed by atoms with Crippen LogP contribution in [0.1, 0.15) is 72.1 Å². The summed E-state index contributed by atoms with van der Waals surface area (Å²) in [6, 6.07) is 0. The molecule has 0 aromatic rings. The Hall–Kier alpha value is -0.790. The van der Waals surface area contributed by atoms with E-state index in [0.717, 1.165) is 12.8 Å². The molecule has 2 aliphatic carbocycles. The molecule has 2 saturated carbocycles. The van der Waals surface area contributed by atoms with Gasteiger partial charge in [-0.3, -0.25) is 0 Å². The van der Waals surface area contributed by atoms with E-state index >= 15 is 0 Å². The SMILES string of the molecule is C=C(C)C(=O)OC1(C2CCCCC2)CC(C)CC(C)C1. The average Bonchev–Trinajstić information content (AvgIpc) is 2.38. The highest BCUT2D eigenvalue weighted by Crippen LogP contribution is 2.47. The van der Waals surface area contributed by atoms with Crippen LogP contribution >= 0.6 is 0 Å². The van der Waals surface area contributed by atoms with E-state index in [0.29, 0.717) is 23.3 Å². The molecule has 0 saturated heterocycles. The van der Waals surface area contributed by atoms with Gasteiger partial charge in [-0.05, 0) is 56.8 Å². The van der Waals surface area contributed by atoms with Crippen molar-refractivity contribution in [3.63, 3.8) is 0 Å². The lowest BCUT2D eigenvalue weighted by molar-refractivity contribution is -0.174. The van der Waals surface area contributed by atoms with Crippen molar-refractivity contribution in [1.82, 2.24) is 0 Å². The van der Waals surface area contributed by atoms with Gasteiger partial charge in [-0.1, -0.05) is 39.7 Å². The monoisotopic (exact) mass is 278 g/mol. The molecule has 0 aliphatic heterocycles. The van der Waals surface area contributed by atoms with Crippen LogP contribution in [0.25, 0.3) is 0 Å². The van der Waals surface area contributed by atoms with Gasteiger partial charge in [0.1, 0.15) is 5.60 Å². The van der Waals surface area contributed by atoms with Crippen LogP contribution in [0.4, 0.5) is 0 Å². The summed E-state index contributed by atoms with van der Waals surface area (Å²) >= 11 is 0. The summed E-state index contributed by atoms with van der Waals surface area (Å²) < 4.78 is 6.08. The summed E-state index contributed by atoms with van der Waals surface area (Å²) in [5.41, 5.74) is 0.319. The van der Waals surface area contributed by atoms with E-state index < -0.39 is 0 Å². The maximum absolute atomic E-state index is 12.2. The van der Waals surface area contributed by atoms with Crippen LogP contribution in [0, 0.1) is 17.8 Å². The second-order valence-electron chi connectivity index (χ2n) is 7.42. The molecule has 0 radical (unpaired) electrons. The molecule has 0 bridgehead atoms. The lowest BCUT2D eigenvalue weighted by atomic mass is 9.64. The van der Waals surface area contributed by atoms with E-state index in [9.17, 15) is 4.79 Å². The Kier molecular flexibility index (Phi) is 4.93. The Morgan fingerprint density at radius 1 is 1.10 bits per heavy atom. The van der Waals surface area contributed by atoms with Gasteiger partial charge in [0.05, 0.1) is 0 Å². The van der Waals surface area contributed by atoms with E-state index in [4.69, 9.17) is 4.74 Å². The largest absolute Gasteiger partial charge is 0.455 e. The van der Waals surface area contributed by atoms with Crippen LogP contribution in [0.3, 0.4) is 0 Å². The molecule has 0 N–H and O–H groups in total. The van der Waals surface area contributed by atoms with Crippen LogP contribution in [0.15, 0.2) is 12.2 Å². The summed E-state index contributed by atoms with van der Waals surface area (Å²) in [5, 5.41) is 0. The van der Waals surface area contributed by atoms with Crippen molar-refractivity contribution in [3.05, 3.63) is 12.2 Å².